The first-order chi connectivity index (χ1) is 31.0. The Bertz CT molecular complexity index is 1740. The predicted octanol–water partition coefficient (Wildman–Crippen LogP) is 3.09. The van der Waals surface area contributed by atoms with Crippen molar-refractivity contribution >= 4 is 31.2 Å². The summed E-state index contributed by atoms with van der Waals surface area (Å²) in [5.74, 6) is 5.94. The van der Waals surface area contributed by atoms with Crippen molar-refractivity contribution in [3.8, 4) is 53.9 Å². The van der Waals surface area contributed by atoms with Gasteiger partial charge in [-0.25, -0.2) is 4.57 Å². The van der Waals surface area contributed by atoms with Crippen molar-refractivity contribution < 1.29 is 61.6 Å². The lowest BCUT2D eigenvalue weighted by atomic mass is 9.82. The summed E-state index contributed by atoms with van der Waals surface area (Å²) in [4.78, 5) is 63.4. The Morgan fingerprint density at radius 3 is 1.30 bits per heavy atom. The molecule has 0 heterocycles. The van der Waals surface area contributed by atoms with Gasteiger partial charge in [0, 0.05) is 50.0 Å². The summed E-state index contributed by atoms with van der Waals surface area (Å²) in [6.45, 7) is 5.26. The van der Waals surface area contributed by atoms with Gasteiger partial charge in [0.25, 0.3) is 5.91 Å². The first kappa shape index (κ1) is 54.9. The molecule has 18 heteroatoms. The van der Waals surface area contributed by atoms with E-state index in [1.165, 1.54) is 0 Å². The summed E-state index contributed by atoms with van der Waals surface area (Å²) < 4.78 is 49.2. The number of amides is 4. The van der Waals surface area contributed by atoms with E-state index in [0.717, 1.165) is 11.1 Å². The van der Waals surface area contributed by atoms with Crippen LogP contribution in [0.5, 0.6) is 5.75 Å². The molecule has 350 valence electrons. The van der Waals surface area contributed by atoms with Crippen molar-refractivity contribution in [1.29, 1.82) is 0 Å². The van der Waals surface area contributed by atoms with E-state index in [2.05, 4.69) is 39.0 Å². The van der Waals surface area contributed by atoms with E-state index in [0.29, 0.717) is 45.2 Å². The molecular weight excluding hydrogens is 847 g/mol. The Kier molecular flexibility index (Phi) is 28.5. The number of nitrogens with one attached hydrogen (secondary N) is 4. The quantitative estimate of drug-likeness (QED) is 0.0378. The van der Waals surface area contributed by atoms with E-state index in [1.807, 2.05) is 0 Å². The molecule has 64 heavy (non-hydrogen) atoms. The zero-order chi connectivity index (χ0) is 46.7. The van der Waals surface area contributed by atoms with E-state index in [9.17, 15) is 28.6 Å². The van der Waals surface area contributed by atoms with Gasteiger partial charge >= 0.3 is 7.60 Å². The molecule has 0 bridgehead atoms. The Hall–Kier alpha value is -5.25. The van der Waals surface area contributed by atoms with Crippen LogP contribution in [0.3, 0.4) is 0 Å². The van der Waals surface area contributed by atoms with Crippen LogP contribution >= 0.6 is 7.60 Å². The number of hydrogen-bond donors (Lipinski definition) is 5. The number of ether oxygens (including phenoxy) is 6. The van der Waals surface area contributed by atoms with Gasteiger partial charge in [-0.05, 0) is 54.7 Å². The minimum atomic E-state index is -3.74. The van der Waals surface area contributed by atoms with Crippen molar-refractivity contribution in [3.63, 3.8) is 0 Å². The van der Waals surface area contributed by atoms with Gasteiger partial charge in [0.05, 0.1) is 65.6 Å². The van der Waals surface area contributed by atoms with Gasteiger partial charge < -0.3 is 59.1 Å². The van der Waals surface area contributed by atoms with E-state index in [1.54, 1.807) is 55.5 Å². The molecule has 0 saturated carbocycles. The van der Waals surface area contributed by atoms with Crippen LogP contribution in [0.15, 0.2) is 48.5 Å². The standard InChI is InChI=1S/C46H63N4O13P/c1-5-26-57-32-35-60-29-23-47-42(51)17-20-46(21-18-43(52)48-24-30-61-36-33-58-27-6-2,22-19-44(53)49-25-31-62-37-34-59-28-7-3)50-45(54)40-11-9-38(10-12-40)39-13-15-41(16-14-39)63-64(55,56)8-4/h1-3,9-16H,8,17-37H2,4H3,(H,47,51)(H,48,52)(H,49,53)(H,50,54)(H,55,56). The largest absolute Gasteiger partial charge is 0.424 e. The fourth-order valence-corrected chi connectivity index (χ4v) is 6.37. The minimum Gasteiger partial charge on any atom is -0.424 e. The highest BCUT2D eigenvalue weighted by Crippen LogP contribution is 2.42. The molecule has 17 nitrogen and oxygen atoms in total. The number of terminal acetylenes is 3. The van der Waals surface area contributed by atoms with Gasteiger partial charge in [0.2, 0.25) is 17.7 Å². The van der Waals surface area contributed by atoms with E-state index in [-0.39, 0.29) is 127 Å². The number of carbonyl (C=O) groups is 4. The highest BCUT2D eigenvalue weighted by atomic mass is 31.2. The van der Waals surface area contributed by atoms with Crippen molar-refractivity contribution in [2.45, 2.75) is 51.0 Å². The Morgan fingerprint density at radius 1 is 0.578 bits per heavy atom. The molecule has 0 aliphatic rings. The van der Waals surface area contributed by atoms with Crippen molar-refractivity contribution in [2.75, 3.05) is 105 Å². The predicted molar refractivity (Wildman–Crippen MR) is 241 cm³/mol. The van der Waals surface area contributed by atoms with Crippen LogP contribution in [-0.2, 0) is 47.4 Å². The second-order valence-electron chi connectivity index (χ2n) is 14.0. The fraction of sp³-hybridized carbons (Fsp3) is 0.522. The van der Waals surface area contributed by atoms with E-state index < -0.39 is 19.0 Å². The Labute approximate surface area is 377 Å². The van der Waals surface area contributed by atoms with Gasteiger partial charge in [-0.2, -0.15) is 0 Å². The maximum absolute atomic E-state index is 14.1. The van der Waals surface area contributed by atoms with Crippen LogP contribution in [-0.4, -0.2) is 139 Å². The minimum absolute atomic E-state index is 0.0317. The maximum Gasteiger partial charge on any atom is 0.376 e. The molecule has 2 rings (SSSR count). The second-order valence-corrected chi connectivity index (χ2v) is 16.1. The lowest BCUT2D eigenvalue weighted by Crippen LogP contribution is -2.50. The molecule has 0 fully saturated rings. The summed E-state index contributed by atoms with van der Waals surface area (Å²) in [5, 5.41) is 11.6. The normalized spacial score (nSPS) is 11.9. The Morgan fingerprint density at radius 2 is 0.938 bits per heavy atom. The molecular formula is C46H63N4O13P. The summed E-state index contributed by atoms with van der Waals surface area (Å²) in [6, 6.07) is 13.4. The number of carbonyl (C=O) groups excluding carboxylic acids is 4. The van der Waals surface area contributed by atoms with Crippen LogP contribution in [0.2, 0.25) is 0 Å². The number of rotatable bonds is 36. The Balaban J connectivity index is 2.24. The average Bonchev–Trinajstić information content (AvgIpc) is 3.29. The lowest BCUT2D eigenvalue weighted by Gasteiger charge is -2.35. The van der Waals surface area contributed by atoms with Crippen molar-refractivity contribution in [1.82, 2.24) is 21.3 Å². The summed E-state index contributed by atoms with van der Waals surface area (Å²) in [7, 11) is -3.74. The molecule has 0 aliphatic carbocycles. The van der Waals surface area contributed by atoms with Crippen LogP contribution < -0.4 is 25.8 Å². The SMILES string of the molecule is C#CCOCCOCCNC(=O)CCC(CCC(=O)NCCOCCOCC#C)(CCC(=O)NCCOCCOCC#C)NC(=O)c1ccc(-c2ccc(OP(=O)(O)CC)cc2)cc1. The molecule has 2 aromatic rings. The number of hydrogen-bond acceptors (Lipinski definition) is 12. The zero-order valence-electron chi connectivity index (χ0n) is 36.7. The third-order valence-corrected chi connectivity index (χ3v) is 10.5. The fourth-order valence-electron chi connectivity index (χ4n) is 5.79. The molecule has 2 aromatic carbocycles. The molecule has 0 radical (unpaired) electrons. The van der Waals surface area contributed by atoms with Gasteiger partial charge in [-0.3, -0.25) is 19.2 Å². The summed E-state index contributed by atoms with van der Waals surface area (Å²) >= 11 is 0. The molecule has 0 aromatic heterocycles. The van der Waals surface area contributed by atoms with Crippen LogP contribution in [0.4, 0.5) is 0 Å². The molecule has 4 amide bonds. The zero-order valence-corrected chi connectivity index (χ0v) is 37.6. The first-order valence-corrected chi connectivity index (χ1v) is 22.8. The van der Waals surface area contributed by atoms with Gasteiger partial charge in [-0.1, -0.05) is 49.0 Å². The van der Waals surface area contributed by atoms with Crippen molar-refractivity contribution in [3.05, 3.63) is 54.1 Å². The number of benzene rings is 2. The highest BCUT2D eigenvalue weighted by Gasteiger charge is 2.34. The topological polar surface area (TPSA) is 218 Å². The average molecular weight is 911 g/mol. The summed E-state index contributed by atoms with van der Waals surface area (Å²) in [6.07, 6.45) is 15.7. The second kappa shape index (κ2) is 33.3. The van der Waals surface area contributed by atoms with E-state index >= 15 is 0 Å². The highest BCUT2D eigenvalue weighted by molar-refractivity contribution is 7.53. The molecule has 1 unspecified atom stereocenters. The summed E-state index contributed by atoms with van der Waals surface area (Å²) in [5.41, 5.74) is 0.641. The third-order valence-electron chi connectivity index (χ3n) is 9.23. The van der Waals surface area contributed by atoms with Crippen molar-refractivity contribution in [2.24, 2.45) is 0 Å². The van der Waals surface area contributed by atoms with Gasteiger partial charge in [-0.15, -0.1) is 19.3 Å². The maximum atomic E-state index is 14.1. The first-order valence-electron chi connectivity index (χ1n) is 21.1. The molecule has 0 saturated heterocycles. The molecule has 5 N–H and O–H groups in total. The van der Waals surface area contributed by atoms with Crippen LogP contribution in [0.25, 0.3) is 11.1 Å². The monoisotopic (exact) mass is 910 g/mol. The lowest BCUT2D eigenvalue weighted by molar-refractivity contribution is -0.121. The molecule has 0 aliphatic heterocycles. The van der Waals surface area contributed by atoms with Gasteiger partial charge in [0.15, 0.2) is 0 Å². The van der Waals surface area contributed by atoms with Crippen LogP contribution in [0.1, 0.15) is 55.8 Å². The molecule has 1 atom stereocenters. The van der Waals surface area contributed by atoms with Crippen LogP contribution in [0, 0.1) is 37.0 Å². The third kappa shape index (κ3) is 25.1. The van der Waals surface area contributed by atoms with E-state index in [4.69, 9.17) is 52.2 Å². The van der Waals surface area contributed by atoms with Gasteiger partial charge in [0.1, 0.15) is 25.6 Å². The smallest absolute Gasteiger partial charge is 0.376 e. The molecule has 0 spiro atoms.